The molecule has 33 heavy (non-hydrogen) atoms. The number of carbonyl (C=O) groups excluding carboxylic acids is 1. The maximum absolute atomic E-state index is 13.4. The number of methoxy groups -OCH3 is 1. The Labute approximate surface area is 204 Å². The third-order valence-electron chi connectivity index (χ3n) is 4.43. The molecular weight excluding hydrogens is 459 g/mol. The van der Waals surface area contributed by atoms with Crippen molar-refractivity contribution >= 4 is 31.0 Å². The van der Waals surface area contributed by atoms with E-state index in [1.165, 1.54) is 7.11 Å². The number of carbonyl (C=O) groups is 1. The molecule has 0 aromatic heterocycles. The SMILES string of the molecule is COc1cccc(Cl)c1C(=O)Pc1c(OCC(C)C)cc(OCC(C)C)cc1OCC(C)C. The molecule has 1 atom stereocenters. The van der Waals surface area contributed by atoms with Crippen LogP contribution in [-0.2, 0) is 0 Å². The van der Waals surface area contributed by atoms with Gasteiger partial charge in [-0.15, -0.1) is 0 Å². The third kappa shape index (κ3) is 8.39. The molecule has 182 valence electrons. The van der Waals surface area contributed by atoms with E-state index in [0.29, 0.717) is 76.5 Å². The van der Waals surface area contributed by atoms with E-state index in [9.17, 15) is 4.79 Å². The van der Waals surface area contributed by atoms with Gasteiger partial charge in [-0.2, -0.15) is 0 Å². The van der Waals surface area contributed by atoms with Gasteiger partial charge in [-0.1, -0.05) is 59.2 Å². The second-order valence-corrected chi connectivity index (χ2v) is 10.8. The summed E-state index contributed by atoms with van der Waals surface area (Å²) in [6, 6.07) is 8.89. The number of hydrogen-bond donors (Lipinski definition) is 0. The Hall–Kier alpha value is -1.97. The highest BCUT2D eigenvalue weighted by Crippen LogP contribution is 2.38. The largest absolute Gasteiger partial charge is 0.496 e. The third-order valence-corrected chi connectivity index (χ3v) is 5.96. The molecule has 0 bridgehead atoms. The van der Waals surface area contributed by atoms with E-state index in [0.717, 1.165) is 0 Å². The monoisotopic (exact) mass is 494 g/mol. The first-order valence-electron chi connectivity index (χ1n) is 11.3. The lowest BCUT2D eigenvalue weighted by molar-refractivity contribution is 0.108. The normalized spacial score (nSPS) is 11.6. The van der Waals surface area contributed by atoms with Gasteiger partial charge in [-0.3, -0.25) is 4.79 Å². The second kappa shape index (κ2) is 13.1. The Morgan fingerprint density at radius 2 is 1.36 bits per heavy atom. The van der Waals surface area contributed by atoms with Gasteiger partial charge in [0.2, 0.25) is 0 Å². The fraction of sp³-hybridized carbons (Fsp3) is 0.500. The first-order chi connectivity index (χ1) is 15.6. The van der Waals surface area contributed by atoms with Crippen molar-refractivity contribution in [1.82, 2.24) is 0 Å². The second-order valence-electron chi connectivity index (χ2n) is 9.18. The molecular formula is C26H36ClO5P. The predicted molar refractivity (Wildman–Crippen MR) is 138 cm³/mol. The van der Waals surface area contributed by atoms with Crippen molar-refractivity contribution in [2.24, 2.45) is 17.8 Å². The lowest BCUT2D eigenvalue weighted by Gasteiger charge is -2.20. The number of rotatable bonds is 13. The predicted octanol–water partition coefficient (Wildman–Crippen LogP) is 6.60. The van der Waals surface area contributed by atoms with Gasteiger partial charge in [0.05, 0.1) is 42.8 Å². The molecule has 0 saturated carbocycles. The minimum Gasteiger partial charge on any atom is -0.496 e. The molecule has 0 aliphatic heterocycles. The topological polar surface area (TPSA) is 54.0 Å². The van der Waals surface area contributed by atoms with Gasteiger partial charge in [0.1, 0.15) is 23.0 Å². The number of halogens is 1. The van der Waals surface area contributed by atoms with Crippen molar-refractivity contribution in [1.29, 1.82) is 0 Å². The molecule has 0 N–H and O–H groups in total. The molecule has 2 aromatic rings. The highest BCUT2D eigenvalue weighted by Gasteiger charge is 2.23. The zero-order chi connectivity index (χ0) is 24.5. The molecule has 0 saturated heterocycles. The van der Waals surface area contributed by atoms with E-state index in [1.807, 2.05) is 12.1 Å². The van der Waals surface area contributed by atoms with Crippen LogP contribution in [0, 0.1) is 17.8 Å². The smallest absolute Gasteiger partial charge is 0.191 e. The number of benzene rings is 2. The molecule has 0 radical (unpaired) electrons. The Morgan fingerprint density at radius 3 is 1.85 bits per heavy atom. The molecule has 0 spiro atoms. The van der Waals surface area contributed by atoms with Crippen molar-refractivity contribution in [3.8, 4) is 23.0 Å². The molecule has 2 rings (SSSR count). The Bertz CT molecular complexity index is 894. The summed E-state index contributed by atoms with van der Waals surface area (Å²) in [6.45, 7) is 14.1. The molecule has 1 unspecified atom stereocenters. The first kappa shape index (κ1) is 27.3. The maximum atomic E-state index is 13.4. The van der Waals surface area contributed by atoms with Crippen LogP contribution in [0.3, 0.4) is 0 Å². The van der Waals surface area contributed by atoms with Gasteiger partial charge >= 0.3 is 0 Å². The van der Waals surface area contributed by atoms with E-state index in [2.05, 4.69) is 41.5 Å². The summed E-state index contributed by atoms with van der Waals surface area (Å²) in [5, 5.41) is 1.07. The summed E-state index contributed by atoms with van der Waals surface area (Å²) in [5.74, 6) is 3.33. The molecule has 0 aliphatic carbocycles. The zero-order valence-corrected chi connectivity index (χ0v) is 22.4. The van der Waals surface area contributed by atoms with Gasteiger partial charge in [0.25, 0.3) is 0 Å². The fourth-order valence-electron chi connectivity index (χ4n) is 2.85. The standard InChI is InChI=1S/C26H36ClO5P/c1-16(2)13-30-19-11-22(31-14-17(3)4)25(23(12-19)32-15-18(5)6)33-26(28)24-20(27)9-8-10-21(24)29-7/h8-12,16-18,33H,13-15H2,1-7H3. The first-order valence-corrected chi connectivity index (χ1v) is 12.7. The van der Waals surface area contributed by atoms with Gasteiger partial charge in [0.15, 0.2) is 5.52 Å². The van der Waals surface area contributed by atoms with Gasteiger partial charge < -0.3 is 18.9 Å². The minimum atomic E-state index is -0.259. The van der Waals surface area contributed by atoms with Crippen LogP contribution >= 0.6 is 20.2 Å². The van der Waals surface area contributed by atoms with E-state index in [1.54, 1.807) is 18.2 Å². The quantitative estimate of drug-likeness (QED) is 0.294. The maximum Gasteiger partial charge on any atom is 0.191 e. The van der Waals surface area contributed by atoms with Crippen LogP contribution in [-0.4, -0.2) is 32.5 Å². The summed E-state index contributed by atoms with van der Waals surface area (Å²) in [4.78, 5) is 13.4. The van der Waals surface area contributed by atoms with Gasteiger partial charge in [0, 0.05) is 12.1 Å². The van der Waals surface area contributed by atoms with Gasteiger partial charge in [-0.25, -0.2) is 0 Å². The number of ether oxygens (including phenoxy) is 4. The Balaban J connectivity index is 2.52. The van der Waals surface area contributed by atoms with Crippen LogP contribution in [0.2, 0.25) is 5.02 Å². The summed E-state index contributed by atoms with van der Waals surface area (Å²) in [5.41, 5.74) is 0.224. The minimum absolute atomic E-state index is 0.142. The van der Waals surface area contributed by atoms with E-state index >= 15 is 0 Å². The van der Waals surface area contributed by atoms with Crippen LogP contribution < -0.4 is 24.3 Å². The molecule has 0 heterocycles. The average Bonchev–Trinajstić information content (AvgIpc) is 2.75. The van der Waals surface area contributed by atoms with Crippen LogP contribution in [0.5, 0.6) is 23.0 Å². The highest BCUT2D eigenvalue weighted by atomic mass is 35.5. The van der Waals surface area contributed by atoms with Crippen molar-refractivity contribution < 1.29 is 23.7 Å². The fourth-order valence-corrected chi connectivity index (χ4v) is 4.32. The average molecular weight is 495 g/mol. The molecule has 7 heteroatoms. The molecule has 2 aromatic carbocycles. The zero-order valence-electron chi connectivity index (χ0n) is 20.7. The van der Waals surface area contributed by atoms with Gasteiger partial charge in [-0.05, 0) is 38.5 Å². The Kier molecular flexibility index (Phi) is 10.8. The molecule has 5 nitrogen and oxygen atoms in total. The van der Waals surface area contributed by atoms with Crippen LogP contribution in [0.4, 0.5) is 0 Å². The molecule has 0 aliphatic rings. The van der Waals surface area contributed by atoms with E-state index in [4.69, 9.17) is 30.5 Å². The lowest BCUT2D eigenvalue weighted by atomic mass is 10.2. The van der Waals surface area contributed by atoms with Crippen molar-refractivity contribution in [2.45, 2.75) is 41.5 Å². The van der Waals surface area contributed by atoms with Crippen molar-refractivity contribution in [3.63, 3.8) is 0 Å². The lowest BCUT2D eigenvalue weighted by Crippen LogP contribution is -2.17. The summed E-state index contributed by atoms with van der Waals surface area (Å²) >= 11 is 6.37. The molecule has 0 fully saturated rings. The van der Waals surface area contributed by atoms with Crippen LogP contribution in [0.1, 0.15) is 51.9 Å². The molecule has 0 amide bonds. The highest BCUT2D eigenvalue weighted by molar-refractivity contribution is 7.66. The van der Waals surface area contributed by atoms with E-state index < -0.39 is 0 Å². The van der Waals surface area contributed by atoms with Crippen LogP contribution in [0.25, 0.3) is 0 Å². The Morgan fingerprint density at radius 1 is 0.848 bits per heavy atom. The van der Waals surface area contributed by atoms with E-state index in [-0.39, 0.29) is 14.1 Å². The van der Waals surface area contributed by atoms with Crippen LogP contribution in [0.15, 0.2) is 30.3 Å². The number of hydrogen-bond acceptors (Lipinski definition) is 5. The summed E-state index contributed by atoms with van der Waals surface area (Å²) in [6.07, 6.45) is 0. The summed E-state index contributed by atoms with van der Waals surface area (Å²) < 4.78 is 23.7. The van der Waals surface area contributed by atoms with Crippen molar-refractivity contribution in [2.75, 3.05) is 26.9 Å². The van der Waals surface area contributed by atoms with Crippen molar-refractivity contribution in [3.05, 3.63) is 40.9 Å². The summed E-state index contributed by atoms with van der Waals surface area (Å²) in [7, 11) is 1.27.